The van der Waals surface area contributed by atoms with Crippen molar-refractivity contribution in [1.29, 1.82) is 5.41 Å². The second kappa shape index (κ2) is 4.07. The van der Waals surface area contributed by atoms with E-state index in [9.17, 15) is 0 Å². The van der Waals surface area contributed by atoms with E-state index < -0.39 is 0 Å². The molecule has 1 aliphatic heterocycles. The van der Waals surface area contributed by atoms with Crippen LogP contribution >= 0.6 is 0 Å². The average Bonchev–Trinajstić information content (AvgIpc) is 2.07. The summed E-state index contributed by atoms with van der Waals surface area (Å²) in [4.78, 5) is 0. The Morgan fingerprint density at radius 3 is 2.92 bits per heavy atom. The first-order valence-corrected chi connectivity index (χ1v) is 4.12. The molecule has 0 fully saturated rings. The van der Waals surface area contributed by atoms with Crippen molar-refractivity contribution in [3.63, 3.8) is 0 Å². The third-order valence-corrected chi connectivity index (χ3v) is 1.94. The Morgan fingerprint density at radius 1 is 1.75 bits per heavy atom. The fourth-order valence-electron chi connectivity index (χ4n) is 1.31. The molecule has 0 aliphatic carbocycles. The first kappa shape index (κ1) is 9.00. The van der Waals surface area contributed by atoms with Crippen LogP contribution in [0.4, 0.5) is 0 Å². The topological polar surface area (TPSA) is 61.9 Å². The van der Waals surface area contributed by atoms with Gasteiger partial charge in [-0.15, -0.1) is 0 Å². The normalized spacial score (nSPS) is 19.6. The van der Waals surface area contributed by atoms with Crippen LogP contribution in [0.15, 0.2) is 22.9 Å². The van der Waals surface area contributed by atoms with E-state index in [1.165, 1.54) is 6.21 Å². The molecule has 0 atom stereocenters. The lowest BCUT2D eigenvalue weighted by Crippen LogP contribution is -2.24. The Kier molecular flexibility index (Phi) is 3.05. The molecule has 1 heterocycles. The molecule has 0 amide bonds. The van der Waals surface area contributed by atoms with E-state index in [4.69, 9.17) is 11.1 Å². The van der Waals surface area contributed by atoms with Gasteiger partial charge in [-0.25, -0.2) is 0 Å². The summed E-state index contributed by atoms with van der Waals surface area (Å²) in [5.41, 5.74) is 8.37. The van der Waals surface area contributed by atoms with Crippen molar-refractivity contribution in [3.05, 3.63) is 22.9 Å². The zero-order valence-corrected chi connectivity index (χ0v) is 7.35. The van der Waals surface area contributed by atoms with Crippen LogP contribution in [-0.4, -0.2) is 19.3 Å². The molecule has 1 aliphatic rings. The van der Waals surface area contributed by atoms with Crippen LogP contribution in [0.1, 0.15) is 13.3 Å². The summed E-state index contributed by atoms with van der Waals surface area (Å²) >= 11 is 0. The molecular formula is C9H15N3. The predicted molar refractivity (Wildman–Crippen MR) is 51.2 cm³/mol. The van der Waals surface area contributed by atoms with Crippen LogP contribution in [-0.2, 0) is 0 Å². The van der Waals surface area contributed by atoms with Gasteiger partial charge in [0, 0.05) is 24.0 Å². The highest BCUT2D eigenvalue weighted by molar-refractivity contribution is 5.83. The largest absolute Gasteiger partial charge is 0.402 e. The standard InChI is InChI=1S/C9H15N3/c1-7(11)9(5-10)8-3-2-4-12-6-8/h3,5,10,12H,2,4,6,11H2,1H3/b9-7+,10-5?. The molecule has 12 heavy (non-hydrogen) atoms. The summed E-state index contributed by atoms with van der Waals surface area (Å²) in [5, 5.41) is 10.4. The Bertz CT molecular complexity index is 234. The molecule has 0 saturated heterocycles. The van der Waals surface area contributed by atoms with Crippen LogP contribution in [0.5, 0.6) is 0 Å². The summed E-state index contributed by atoms with van der Waals surface area (Å²) in [7, 11) is 0. The number of nitrogens with two attached hydrogens (primary N) is 1. The van der Waals surface area contributed by atoms with Gasteiger partial charge < -0.3 is 16.5 Å². The van der Waals surface area contributed by atoms with Crippen LogP contribution in [0.2, 0.25) is 0 Å². The predicted octanol–water partition coefficient (Wildman–Crippen LogP) is 0.788. The molecule has 0 saturated carbocycles. The molecule has 66 valence electrons. The van der Waals surface area contributed by atoms with Crippen molar-refractivity contribution in [2.75, 3.05) is 13.1 Å². The summed E-state index contributed by atoms with van der Waals surface area (Å²) in [6.07, 6.45) is 4.50. The molecule has 0 unspecified atom stereocenters. The highest BCUT2D eigenvalue weighted by Gasteiger charge is 2.07. The maximum atomic E-state index is 7.20. The summed E-state index contributed by atoms with van der Waals surface area (Å²) in [6.45, 7) is 3.69. The van der Waals surface area contributed by atoms with Crippen LogP contribution in [0.25, 0.3) is 0 Å². The van der Waals surface area contributed by atoms with E-state index in [-0.39, 0.29) is 0 Å². The lowest BCUT2D eigenvalue weighted by molar-refractivity contribution is 0.709. The Balaban J connectivity index is 2.86. The second-order valence-corrected chi connectivity index (χ2v) is 2.94. The molecule has 3 heteroatoms. The van der Waals surface area contributed by atoms with E-state index in [2.05, 4.69) is 11.4 Å². The van der Waals surface area contributed by atoms with E-state index in [0.29, 0.717) is 0 Å². The van der Waals surface area contributed by atoms with E-state index >= 15 is 0 Å². The van der Waals surface area contributed by atoms with Gasteiger partial charge in [0.05, 0.1) is 0 Å². The maximum absolute atomic E-state index is 7.20. The monoisotopic (exact) mass is 165 g/mol. The van der Waals surface area contributed by atoms with Crippen molar-refractivity contribution in [2.45, 2.75) is 13.3 Å². The number of allylic oxidation sites excluding steroid dienone is 1. The highest BCUT2D eigenvalue weighted by atomic mass is 14.9. The first-order valence-electron chi connectivity index (χ1n) is 4.12. The van der Waals surface area contributed by atoms with Gasteiger partial charge in [0.25, 0.3) is 0 Å². The molecule has 0 bridgehead atoms. The molecule has 0 aromatic heterocycles. The summed E-state index contributed by atoms with van der Waals surface area (Å²) in [6, 6.07) is 0. The zero-order chi connectivity index (χ0) is 8.97. The van der Waals surface area contributed by atoms with Gasteiger partial charge in [-0.3, -0.25) is 0 Å². The van der Waals surface area contributed by atoms with Gasteiger partial charge in [0.2, 0.25) is 0 Å². The lowest BCUT2D eigenvalue weighted by atomic mass is 10.0. The van der Waals surface area contributed by atoms with Crippen LogP contribution in [0, 0.1) is 5.41 Å². The molecule has 0 aromatic carbocycles. The minimum atomic E-state index is 0.722. The molecule has 1 rings (SSSR count). The van der Waals surface area contributed by atoms with E-state index in [1.807, 2.05) is 6.92 Å². The van der Waals surface area contributed by atoms with Crippen molar-refractivity contribution >= 4 is 6.21 Å². The Labute approximate surface area is 72.8 Å². The van der Waals surface area contributed by atoms with E-state index in [0.717, 1.165) is 36.4 Å². The minimum Gasteiger partial charge on any atom is -0.402 e. The molecular weight excluding hydrogens is 150 g/mol. The lowest BCUT2D eigenvalue weighted by Gasteiger charge is -2.15. The molecule has 3 nitrogen and oxygen atoms in total. The maximum Gasteiger partial charge on any atom is 0.0270 e. The van der Waals surface area contributed by atoms with Crippen molar-refractivity contribution in [3.8, 4) is 0 Å². The Morgan fingerprint density at radius 2 is 2.50 bits per heavy atom. The zero-order valence-electron chi connectivity index (χ0n) is 7.35. The van der Waals surface area contributed by atoms with Gasteiger partial charge in [0.15, 0.2) is 0 Å². The van der Waals surface area contributed by atoms with Gasteiger partial charge in [-0.2, -0.15) is 0 Å². The Hall–Kier alpha value is -1.09. The fourth-order valence-corrected chi connectivity index (χ4v) is 1.31. The minimum absolute atomic E-state index is 0.722. The van der Waals surface area contributed by atoms with Crippen molar-refractivity contribution in [2.24, 2.45) is 5.73 Å². The number of rotatable bonds is 2. The average molecular weight is 165 g/mol. The third-order valence-electron chi connectivity index (χ3n) is 1.94. The number of hydrogen-bond donors (Lipinski definition) is 3. The number of nitrogens with one attached hydrogen (secondary N) is 2. The van der Waals surface area contributed by atoms with Gasteiger partial charge in [-0.1, -0.05) is 6.08 Å². The molecule has 0 aromatic rings. The van der Waals surface area contributed by atoms with Gasteiger partial charge >= 0.3 is 0 Å². The molecule has 0 radical (unpaired) electrons. The smallest absolute Gasteiger partial charge is 0.0270 e. The summed E-state index contributed by atoms with van der Waals surface area (Å²) < 4.78 is 0. The van der Waals surface area contributed by atoms with Gasteiger partial charge in [-0.05, 0) is 25.5 Å². The molecule has 0 spiro atoms. The molecule has 4 N–H and O–H groups in total. The van der Waals surface area contributed by atoms with Crippen LogP contribution in [0.3, 0.4) is 0 Å². The number of hydrogen-bond acceptors (Lipinski definition) is 3. The van der Waals surface area contributed by atoms with E-state index in [1.54, 1.807) is 0 Å². The SMILES string of the molecule is C/C(N)=C(/C=N)C1=CCCNC1. The van der Waals surface area contributed by atoms with Crippen molar-refractivity contribution < 1.29 is 0 Å². The first-order chi connectivity index (χ1) is 5.75. The highest BCUT2D eigenvalue weighted by Crippen LogP contribution is 2.12. The third kappa shape index (κ3) is 1.95. The van der Waals surface area contributed by atoms with Crippen molar-refractivity contribution in [1.82, 2.24) is 5.32 Å². The quantitative estimate of drug-likeness (QED) is 0.530. The second-order valence-electron chi connectivity index (χ2n) is 2.94. The fraction of sp³-hybridized carbons (Fsp3) is 0.444. The van der Waals surface area contributed by atoms with Gasteiger partial charge in [0.1, 0.15) is 0 Å². The summed E-state index contributed by atoms with van der Waals surface area (Å²) in [5.74, 6) is 0. The van der Waals surface area contributed by atoms with Crippen LogP contribution < -0.4 is 11.1 Å².